The molecule has 34 heavy (non-hydrogen) atoms. The molecule has 2 amide bonds. The first-order valence-electron chi connectivity index (χ1n) is 11.5. The highest BCUT2D eigenvalue weighted by molar-refractivity contribution is 6.11. The van der Waals surface area contributed by atoms with Crippen LogP contribution in [0.25, 0.3) is 0 Å². The quantitative estimate of drug-likeness (QED) is 0.578. The third kappa shape index (κ3) is 3.77. The third-order valence-corrected chi connectivity index (χ3v) is 6.57. The summed E-state index contributed by atoms with van der Waals surface area (Å²) in [6.07, 6.45) is 3.09. The zero-order chi connectivity index (χ0) is 23.8. The highest BCUT2D eigenvalue weighted by Crippen LogP contribution is 2.36. The summed E-state index contributed by atoms with van der Waals surface area (Å²) in [7, 11) is 1.56. The van der Waals surface area contributed by atoms with Crippen molar-refractivity contribution in [3.63, 3.8) is 0 Å². The summed E-state index contributed by atoms with van der Waals surface area (Å²) in [6, 6.07) is 15.0. The number of nitrogens with one attached hydrogen (secondary N) is 1. The van der Waals surface area contributed by atoms with Crippen LogP contribution in [-0.4, -0.2) is 30.7 Å². The van der Waals surface area contributed by atoms with Crippen LogP contribution in [0.5, 0.6) is 5.75 Å². The van der Waals surface area contributed by atoms with Gasteiger partial charge in [-0.2, -0.15) is 5.10 Å². The molecule has 2 heterocycles. The number of rotatable bonds is 4. The molecule has 0 radical (unpaired) electrons. The highest BCUT2D eigenvalue weighted by atomic mass is 16.5. The van der Waals surface area contributed by atoms with Gasteiger partial charge in [-0.1, -0.05) is 24.3 Å². The van der Waals surface area contributed by atoms with E-state index in [1.807, 2.05) is 30.0 Å². The lowest BCUT2D eigenvalue weighted by Gasteiger charge is -2.21. The topological polar surface area (TPSA) is 84.1 Å². The third-order valence-electron chi connectivity index (χ3n) is 6.57. The molecule has 1 aromatic heterocycles. The van der Waals surface area contributed by atoms with Gasteiger partial charge in [0.1, 0.15) is 11.5 Å². The smallest absolute Gasteiger partial charge is 0.294 e. The Hall–Kier alpha value is -3.87. The van der Waals surface area contributed by atoms with Gasteiger partial charge in [0, 0.05) is 34.8 Å². The van der Waals surface area contributed by atoms with E-state index in [-0.39, 0.29) is 17.9 Å². The number of carbonyl (C=O) groups excluding carboxylic acids is 2. The molecular formula is C27H27N3O4. The minimum Gasteiger partial charge on any atom is -0.497 e. The first-order valence-corrected chi connectivity index (χ1v) is 11.5. The lowest BCUT2D eigenvalue weighted by atomic mass is 9.93. The lowest BCUT2D eigenvalue weighted by Crippen LogP contribution is -2.35. The van der Waals surface area contributed by atoms with Crippen molar-refractivity contribution in [2.45, 2.75) is 45.6 Å². The summed E-state index contributed by atoms with van der Waals surface area (Å²) in [6.45, 7) is 3.95. The average Bonchev–Trinajstić information content (AvgIpc) is 3.38. The number of methoxy groups -OCH3 is 1. The summed E-state index contributed by atoms with van der Waals surface area (Å²) in [5.74, 6) is 1.25. The van der Waals surface area contributed by atoms with E-state index in [9.17, 15) is 9.59 Å². The fourth-order valence-electron chi connectivity index (χ4n) is 4.92. The van der Waals surface area contributed by atoms with E-state index in [0.29, 0.717) is 23.5 Å². The van der Waals surface area contributed by atoms with Crippen molar-refractivity contribution in [2.24, 2.45) is 5.10 Å². The monoisotopic (exact) mass is 457 g/mol. The molecule has 1 aliphatic heterocycles. The molecule has 1 unspecified atom stereocenters. The SMILES string of the molecule is COc1cccc(C(=O)N/N=C2\CCCc3oc(C(=O)N4c5ccccc5CC4C)c(C)c32)c1. The van der Waals surface area contributed by atoms with E-state index in [4.69, 9.17) is 9.15 Å². The molecule has 0 spiro atoms. The maximum atomic E-state index is 13.6. The maximum absolute atomic E-state index is 13.6. The molecule has 7 nitrogen and oxygen atoms in total. The molecule has 0 bridgehead atoms. The molecule has 174 valence electrons. The summed E-state index contributed by atoms with van der Waals surface area (Å²) in [5.41, 5.74) is 7.55. The van der Waals surface area contributed by atoms with Crippen LogP contribution in [0.1, 0.15) is 63.1 Å². The average molecular weight is 458 g/mol. The van der Waals surface area contributed by atoms with E-state index in [1.54, 1.807) is 31.4 Å². The first kappa shape index (κ1) is 21.9. The van der Waals surface area contributed by atoms with Gasteiger partial charge in [0.15, 0.2) is 5.76 Å². The fraction of sp³-hybridized carbons (Fsp3) is 0.296. The number of anilines is 1. The lowest BCUT2D eigenvalue weighted by molar-refractivity contribution is 0.0945. The molecule has 0 saturated heterocycles. The normalized spacial score (nSPS) is 17.9. The summed E-state index contributed by atoms with van der Waals surface area (Å²) < 4.78 is 11.3. The van der Waals surface area contributed by atoms with Crippen LogP contribution >= 0.6 is 0 Å². The van der Waals surface area contributed by atoms with Gasteiger partial charge >= 0.3 is 0 Å². The van der Waals surface area contributed by atoms with Crippen molar-refractivity contribution in [2.75, 3.05) is 12.0 Å². The number of fused-ring (bicyclic) bond motifs is 2. The molecule has 0 saturated carbocycles. The molecular weight excluding hydrogens is 430 g/mol. The summed E-state index contributed by atoms with van der Waals surface area (Å²) in [4.78, 5) is 28.0. The largest absolute Gasteiger partial charge is 0.497 e. The molecule has 2 aromatic carbocycles. The van der Waals surface area contributed by atoms with Crippen LogP contribution in [-0.2, 0) is 12.8 Å². The fourth-order valence-corrected chi connectivity index (χ4v) is 4.92. The number of aryl methyl sites for hydroxylation is 1. The van der Waals surface area contributed by atoms with Gasteiger partial charge in [-0.3, -0.25) is 9.59 Å². The van der Waals surface area contributed by atoms with Gasteiger partial charge in [0.05, 0.1) is 12.8 Å². The number of hydrogen-bond donors (Lipinski definition) is 1. The van der Waals surface area contributed by atoms with Crippen molar-refractivity contribution < 1.29 is 18.7 Å². The highest BCUT2D eigenvalue weighted by Gasteiger charge is 2.36. The molecule has 1 N–H and O–H groups in total. The Kier molecular flexibility index (Phi) is 5.69. The number of amides is 2. The van der Waals surface area contributed by atoms with Crippen LogP contribution in [0.2, 0.25) is 0 Å². The molecule has 1 aliphatic carbocycles. The van der Waals surface area contributed by atoms with Crippen LogP contribution in [0.4, 0.5) is 5.69 Å². The van der Waals surface area contributed by atoms with Crippen molar-refractivity contribution in [1.82, 2.24) is 5.43 Å². The second-order valence-electron chi connectivity index (χ2n) is 8.80. The van der Waals surface area contributed by atoms with Crippen LogP contribution in [0.15, 0.2) is 58.0 Å². The summed E-state index contributed by atoms with van der Waals surface area (Å²) >= 11 is 0. The van der Waals surface area contributed by atoms with Crippen molar-refractivity contribution in [3.8, 4) is 5.75 Å². The zero-order valence-corrected chi connectivity index (χ0v) is 19.6. The number of carbonyl (C=O) groups is 2. The minimum absolute atomic E-state index is 0.0571. The standard InChI is InChI=1S/C27H27N3O4/c1-16-14-18-8-4-5-12-22(18)30(16)27(32)25-17(2)24-21(11-7-13-23(24)34-25)28-29-26(31)19-9-6-10-20(15-19)33-3/h4-6,8-10,12,15-16H,7,11,13-14H2,1-3H3,(H,29,31)/b28-21+. The van der Waals surface area contributed by atoms with Gasteiger partial charge in [0.2, 0.25) is 0 Å². The Balaban J connectivity index is 1.43. The zero-order valence-electron chi connectivity index (χ0n) is 19.6. The number of hydrazone groups is 1. The number of furan rings is 1. The molecule has 7 heteroatoms. The summed E-state index contributed by atoms with van der Waals surface area (Å²) in [5, 5.41) is 4.43. The number of nitrogens with zero attached hydrogens (tertiary/aromatic N) is 2. The molecule has 3 aromatic rings. The molecule has 5 rings (SSSR count). The Morgan fingerprint density at radius 3 is 2.79 bits per heavy atom. The second kappa shape index (κ2) is 8.82. The van der Waals surface area contributed by atoms with E-state index >= 15 is 0 Å². The maximum Gasteiger partial charge on any atom is 0.294 e. The Morgan fingerprint density at radius 2 is 1.97 bits per heavy atom. The Labute approximate surface area is 198 Å². The van der Waals surface area contributed by atoms with Crippen LogP contribution in [0.3, 0.4) is 0 Å². The van der Waals surface area contributed by atoms with E-state index in [1.165, 1.54) is 5.56 Å². The van der Waals surface area contributed by atoms with Crippen LogP contribution in [0, 0.1) is 6.92 Å². The van der Waals surface area contributed by atoms with Crippen LogP contribution < -0.4 is 15.1 Å². The predicted octanol–water partition coefficient (Wildman–Crippen LogP) is 4.66. The second-order valence-corrected chi connectivity index (χ2v) is 8.80. The van der Waals surface area contributed by atoms with Crippen molar-refractivity contribution >= 4 is 23.2 Å². The molecule has 0 fully saturated rings. The van der Waals surface area contributed by atoms with Gasteiger partial charge in [-0.05, 0) is 62.9 Å². The van der Waals surface area contributed by atoms with Crippen molar-refractivity contribution in [1.29, 1.82) is 0 Å². The molecule has 2 aliphatic rings. The predicted molar refractivity (Wildman–Crippen MR) is 130 cm³/mol. The van der Waals surface area contributed by atoms with E-state index < -0.39 is 0 Å². The first-order chi connectivity index (χ1) is 16.5. The van der Waals surface area contributed by atoms with E-state index in [0.717, 1.165) is 47.5 Å². The minimum atomic E-state index is -0.321. The number of benzene rings is 2. The number of ether oxygens (including phenoxy) is 1. The van der Waals surface area contributed by atoms with E-state index in [2.05, 4.69) is 23.5 Å². The van der Waals surface area contributed by atoms with Crippen molar-refractivity contribution in [3.05, 3.63) is 82.3 Å². The van der Waals surface area contributed by atoms with Gasteiger partial charge in [-0.25, -0.2) is 5.43 Å². The Bertz CT molecular complexity index is 1310. The van der Waals surface area contributed by atoms with Gasteiger partial charge < -0.3 is 14.1 Å². The number of para-hydroxylation sites is 1. The Morgan fingerprint density at radius 1 is 1.15 bits per heavy atom. The van der Waals surface area contributed by atoms with Gasteiger partial charge in [-0.15, -0.1) is 0 Å². The molecule has 1 atom stereocenters. The number of hydrogen-bond acceptors (Lipinski definition) is 5. The van der Waals surface area contributed by atoms with Gasteiger partial charge in [0.25, 0.3) is 11.8 Å².